The van der Waals surface area contributed by atoms with Gasteiger partial charge < -0.3 is 23.4 Å². The Morgan fingerprint density at radius 1 is 1.02 bits per heavy atom. The Hall–Kier alpha value is -4.90. The minimum absolute atomic E-state index is 0.152. The number of benzene rings is 2. The monoisotopic (exact) mass is 602 g/mol. The van der Waals surface area contributed by atoms with Gasteiger partial charge in [-0.25, -0.2) is 14.6 Å². The van der Waals surface area contributed by atoms with Crippen LogP contribution >= 0.6 is 11.3 Å². The van der Waals surface area contributed by atoms with Gasteiger partial charge in [0.2, 0.25) is 0 Å². The van der Waals surface area contributed by atoms with Crippen molar-refractivity contribution in [1.82, 2.24) is 4.57 Å². The van der Waals surface area contributed by atoms with E-state index < -0.39 is 18.0 Å². The Bertz CT molecular complexity index is 1870. The van der Waals surface area contributed by atoms with Gasteiger partial charge in [-0.2, -0.15) is 0 Å². The molecule has 0 spiro atoms. The fourth-order valence-corrected chi connectivity index (χ4v) is 5.73. The fourth-order valence-electron chi connectivity index (χ4n) is 4.70. The smallest absolute Gasteiger partial charge is 0.343 e. The molecule has 0 fully saturated rings. The van der Waals surface area contributed by atoms with Crippen molar-refractivity contribution in [3.63, 3.8) is 0 Å². The summed E-state index contributed by atoms with van der Waals surface area (Å²) >= 11 is 1.20. The highest BCUT2D eigenvalue weighted by molar-refractivity contribution is 7.07. The summed E-state index contributed by atoms with van der Waals surface area (Å²) < 4.78 is 29.4. The van der Waals surface area contributed by atoms with Crippen LogP contribution < -0.4 is 24.4 Å². The van der Waals surface area contributed by atoms with Gasteiger partial charge in [-0.05, 0) is 50.6 Å². The maximum atomic E-state index is 14.0. The highest BCUT2D eigenvalue weighted by atomic mass is 32.1. The summed E-state index contributed by atoms with van der Waals surface area (Å²) in [5.41, 5.74) is 1.82. The SMILES string of the molecule is CCOC(=O)C1=C(C)N=c2s/c(=C\c3ccc(-c4ccccc4)o3)c(=O)n2[C@H]1c1ccc(OCC(=O)OC)c(OCC)c1. The molecular weight excluding hydrogens is 572 g/mol. The molecule has 1 atom stereocenters. The van der Waals surface area contributed by atoms with E-state index in [0.717, 1.165) is 5.56 Å². The van der Waals surface area contributed by atoms with Crippen LogP contribution in [0.4, 0.5) is 0 Å². The topological polar surface area (TPSA) is 119 Å². The Kier molecular flexibility index (Phi) is 8.91. The zero-order chi connectivity index (χ0) is 30.5. The minimum Gasteiger partial charge on any atom is -0.490 e. The third-order valence-electron chi connectivity index (χ3n) is 6.63. The van der Waals surface area contributed by atoms with E-state index in [-0.39, 0.29) is 24.3 Å². The van der Waals surface area contributed by atoms with Crippen LogP contribution in [0.15, 0.2) is 86.1 Å². The summed E-state index contributed by atoms with van der Waals surface area (Å²) in [5.74, 6) is 0.713. The molecule has 222 valence electrons. The van der Waals surface area contributed by atoms with Gasteiger partial charge in [0.15, 0.2) is 22.9 Å². The third-order valence-corrected chi connectivity index (χ3v) is 7.61. The van der Waals surface area contributed by atoms with Crippen LogP contribution in [-0.4, -0.2) is 43.4 Å². The second kappa shape index (κ2) is 13.0. The van der Waals surface area contributed by atoms with Crippen LogP contribution in [0.3, 0.4) is 0 Å². The molecular formula is C32H30N2O8S. The Morgan fingerprint density at radius 3 is 2.53 bits per heavy atom. The predicted molar refractivity (Wildman–Crippen MR) is 160 cm³/mol. The van der Waals surface area contributed by atoms with Gasteiger partial charge in [-0.15, -0.1) is 0 Å². The van der Waals surface area contributed by atoms with E-state index >= 15 is 0 Å². The van der Waals surface area contributed by atoms with Crippen molar-refractivity contribution in [2.45, 2.75) is 26.8 Å². The van der Waals surface area contributed by atoms with E-state index in [2.05, 4.69) is 9.73 Å². The van der Waals surface area contributed by atoms with Crippen molar-refractivity contribution in [3.8, 4) is 22.8 Å². The minimum atomic E-state index is -0.859. The number of carbonyl (C=O) groups excluding carboxylic acids is 2. The maximum Gasteiger partial charge on any atom is 0.343 e. The molecule has 4 aromatic rings. The Balaban J connectivity index is 1.62. The van der Waals surface area contributed by atoms with Crippen LogP contribution in [0.25, 0.3) is 17.4 Å². The van der Waals surface area contributed by atoms with Crippen LogP contribution in [-0.2, 0) is 19.1 Å². The molecule has 0 saturated carbocycles. The number of hydrogen-bond donors (Lipinski definition) is 0. The molecule has 2 aromatic heterocycles. The lowest BCUT2D eigenvalue weighted by Crippen LogP contribution is -2.40. The standard InChI is InChI=1S/C32H30N2O8S/c1-5-39-25-16-21(12-14-24(25)41-18-27(35)38-4)29-28(31(37)40-6-2)19(3)33-32-34(29)30(36)26(43-32)17-22-13-15-23(42-22)20-10-8-7-9-11-20/h7-17,29H,5-6,18H2,1-4H3/b26-17-/t29-/m0/s1. The first-order chi connectivity index (χ1) is 20.8. The zero-order valence-electron chi connectivity index (χ0n) is 24.1. The number of furan rings is 1. The normalized spacial score (nSPS) is 14.6. The van der Waals surface area contributed by atoms with Gasteiger partial charge in [-0.1, -0.05) is 47.7 Å². The largest absolute Gasteiger partial charge is 0.490 e. The van der Waals surface area contributed by atoms with Gasteiger partial charge in [-0.3, -0.25) is 9.36 Å². The van der Waals surface area contributed by atoms with Crippen LogP contribution in [0, 0.1) is 0 Å². The summed E-state index contributed by atoms with van der Waals surface area (Å²) in [6.45, 7) is 5.40. The van der Waals surface area contributed by atoms with E-state index in [1.54, 1.807) is 44.2 Å². The Labute approximate surface area is 251 Å². The van der Waals surface area contributed by atoms with E-state index in [0.29, 0.717) is 50.2 Å². The lowest BCUT2D eigenvalue weighted by atomic mass is 9.95. The molecule has 0 bridgehead atoms. The summed E-state index contributed by atoms with van der Waals surface area (Å²) in [4.78, 5) is 43.9. The number of fused-ring (bicyclic) bond motifs is 1. The molecule has 0 amide bonds. The lowest BCUT2D eigenvalue weighted by molar-refractivity contribution is -0.143. The molecule has 43 heavy (non-hydrogen) atoms. The molecule has 1 aliphatic rings. The first-order valence-corrected chi connectivity index (χ1v) is 14.5. The molecule has 1 aliphatic heterocycles. The van der Waals surface area contributed by atoms with Gasteiger partial charge in [0.25, 0.3) is 5.56 Å². The highest BCUT2D eigenvalue weighted by Gasteiger charge is 2.34. The average Bonchev–Trinajstić information content (AvgIpc) is 3.60. The number of methoxy groups -OCH3 is 1. The molecule has 5 rings (SSSR count). The third kappa shape index (κ3) is 6.17. The predicted octanol–water partition coefficient (Wildman–Crippen LogP) is 4.01. The highest BCUT2D eigenvalue weighted by Crippen LogP contribution is 2.36. The van der Waals surface area contributed by atoms with Crippen molar-refractivity contribution in [3.05, 3.63) is 103 Å². The van der Waals surface area contributed by atoms with Gasteiger partial charge in [0.1, 0.15) is 11.5 Å². The summed E-state index contributed by atoms with van der Waals surface area (Å²) in [6.07, 6.45) is 1.67. The van der Waals surface area contributed by atoms with Crippen LogP contribution in [0.2, 0.25) is 0 Å². The second-order valence-corrected chi connectivity index (χ2v) is 10.4. The van der Waals surface area contributed by atoms with Crippen molar-refractivity contribution < 1.29 is 33.0 Å². The average molecular weight is 603 g/mol. The maximum absolute atomic E-state index is 14.0. The molecule has 0 N–H and O–H groups in total. The van der Waals surface area contributed by atoms with Crippen LogP contribution in [0.1, 0.15) is 38.1 Å². The Morgan fingerprint density at radius 2 is 1.81 bits per heavy atom. The van der Waals surface area contributed by atoms with Crippen molar-refractivity contribution in [1.29, 1.82) is 0 Å². The van der Waals surface area contributed by atoms with Gasteiger partial charge in [0.05, 0.1) is 42.2 Å². The number of allylic oxidation sites excluding steroid dienone is 1. The van der Waals surface area contributed by atoms with Gasteiger partial charge in [0, 0.05) is 11.6 Å². The molecule has 0 radical (unpaired) electrons. The summed E-state index contributed by atoms with van der Waals surface area (Å²) in [5, 5.41) is 0. The first-order valence-electron chi connectivity index (χ1n) is 13.7. The number of ether oxygens (including phenoxy) is 4. The van der Waals surface area contributed by atoms with Gasteiger partial charge >= 0.3 is 11.9 Å². The fraction of sp³-hybridized carbons (Fsp3) is 0.250. The molecule has 0 saturated heterocycles. The number of nitrogens with zero attached hydrogens (tertiary/aromatic N) is 2. The first kappa shape index (κ1) is 29.6. The van der Waals surface area contributed by atoms with Crippen molar-refractivity contribution >= 4 is 29.4 Å². The number of carbonyl (C=O) groups is 2. The number of rotatable bonds is 10. The summed E-state index contributed by atoms with van der Waals surface area (Å²) in [7, 11) is 1.27. The molecule has 2 aromatic carbocycles. The summed E-state index contributed by atoms with van der Waals surface area (Å²) in [6, 6.07) is 17.5. The number of aromatic nitrogens is 1. The molecule has 0 unspecified atom stereocenters. The number of esters is 2. The van der Waals surface area contributed by atoms with E-state index in [1.807, 2.05) is 43.3 Å². The molecule has 3 heterocycles. The van der Waals surface area contributed by atoms with E-state index in [4.69, 9.17) is 18.6 Å². The van der Waals surface area contributed by atoms with Crippen molar-refractivity contribution in [2.75, 3.05) is 26.9 Å². The van der Waals surface area contributed by atoms with E-state index in [1.165, 1.54) is 23.0 Å². The second-order valence-electron chi connectivity index (χ2n) is 9.37. The number of thiazole rings is 1. The molecule has 0 aliphatic carbocycles. The lowest BCUT2D eigenvalue weighted by Gasteiger charge is -2.25. The van der Waals surface area contributed by atoms with Crippen molar-refractivity contribution in [2.24, 2.45) is 4.99 Å². The van der Waals surface area contributed by atoms with Crippen LogP contribution in [0.5, 0.6) is 11.5 Å². The molecule has 11 heteroatoms. The number of hydrogen-bond acceptors (Lipinski definition) is 10. The quantitative estimate of drug-likeness (QED) is 0.250. The zero-order valence-corrected chi connectivity index (χ0v) is 24.9. The molecule has 10 nitrogen and oxygen atoms in total. The van der Waals surface area contributed by atoms with E-state index in [9.17, 15) is 14.4 Å².